The molecule has 2 rings (SSSR count). The highest BCUT2D eigenvalue weighted by Gasteiger charge is 2.06. The van der Waals surface area contributed by atoms with Crippen LogP contribution in [0.2, 0.25) is 0 Å². The van der Waals surface area contributed by atoms with Gasteiger partial charge in [-0.15, -0.1) is 0 Å². The van der Waals surface area contributed by atoms with Gasteiger partial charge in [-0.2, -0.15) is 0 Å². The Morgan fingerprint density at radius 3 is 3.00 bits per heavy atom. The molecule has 0 atom stereocenters. The number of aliphatic hydroxyl groups is 1. The molecule has 6 nitrogen and oxygen atoms in total. The maximum atomic E-state index is 11.4. The summed E-state index contributed by atoms with van der Waals surface area (Å²) in [6.07, 6.45) is 2.71. The summed E-state index contributed by atoms with van der Waals surface area (Å²) < 4.78 is 1.41. The lowest BCUT2D eigenvalue weighted by Crippen LogP contribution is -2.12. The molecule has 2 aromatic heterocycles. The number of fused-ring (bicyclic) bond motifs is 1. The van der Waals surface area contributed by atoms with E-state index >= 15 is 0 Å². The van der Waals surface area contributed by atoms with E-state index in [2.05, 4.69) is 9.97 Å². The van der Waals surface area contributed by atoms with Gasteiger partial charge in [-0.3, -0.25) is 4.79 Å². The number of nitrogens with zero attached hydrogens (tertiary/aromatic N) is 3. The van der Waals surface area contributed by atoms with Gasteiger partial charge in [-0.25, -0.2) is 9.97 Å². The monoisotopic (exact) mass is 192 g/mol. The first kappa shape index (κ1) is 8.64. The van der Waals surface area contributed by atoms with Crippen molar-refractivity contribution in [2.45, 2.75) is 6.73 Å². The average molecular weight is 192 g/mol. The van der Waals surface area contributed by atoms with Crippen molar-refractivity contribution in [3.8, 4) is 0 Å². The van der Waals surface area contributed by atoms with Crippen molar-refractivity contribution >= 4 is 16.9 Å². The fraction of sp³-hybridized carbons (Fsp3) is 0.125. The van der Waals surface area contributed by atoms with Gasteiger partial charge in [0.1, 0.15) is 24.3 Å². The standard InChI is InChI=1S/C8H8N4O2/c9-7-6-5(14)1-2-12(4-13)8(6)11-3-10-7/h1-3,13H,4H2,(H2,9,10,11). The van der Waals surface area contributed by atoms with Crippen molar-refractivity contribution in [1.29, 1.82) is 0 Å². The number of pyridine rings is 1. The Morgan fingerprint density at radius 2 is 2.29 bits per heavy atom. The maximum Gasteiger partial charge on any atom is 0.194 e. The third-order valence-corrected chi connectivity index (χ3v) is 1.93. The first-order valence-electron chi connectivity index (χ1n) is 3.94. The quantitative estimate of drug-likeness (QED) is 0.624. The molecule has 0 unspecified atom stereocenters. The maximum absolute atomic E-state index is 11.4. The van der Waals surface area contributed by atoms with Crippen LogP contribution in [0.15, 0.2) is 23.4 Å². The van der Waals surface area contributed by atoms with E-state index in [1.165, 1.54) is 23.2 Å². The molecule has 0 aliphatic rings. The fourth-order valence-electron chi connectivity index (χ4n) is 1.27. The van der Waals surface area contributed by atoms with Crippen molar-refractivity contribution in [2.75, 3.05) is 5.73 Å². The molecule has 0 spiro atoms. The summed E-state index contributed by atoms with van der Waals surface area (Å²) in [6, 6.07) is 1.32. The molecular formula is C8H8N4O2. The van der Waals surface area contributed by atoms with E-state index in [1.807, 2.05) is 0 Å². The number of hydrogen-bond acceptors (Lipinski definition) is 5. The largest absolute Gasteiger partial charge is 0.383 e. The molecule has 0 fully saturated rings. The molecule has 0 aliphatic carbocycles. The Kier molecular flexibility index (Phi) is 1.90. The summed E-state index contributed by atoms with van der Waals surface area (Å²) in [5.74, 6) is 0.128. The van der Waals surface area contributed by atoms with E-state index in [4.69, 9.17) is 10.8 Å². The molecule has 0 amide bonds. The van der Waals surface area contributed by atoms with E-state index in [0.29, 0.717) is 5.65 Å². The highest BCUT2D eigenvalue weighted by molar-refractivity contribution is 5.84. The van der Waals surface area contributed by atoms with Gasteiger partial charge >= 0.3 is 0 Å². The minimum atomic E-state index is -0.257. The predicted molar refractivity (Wildman–Crippen MR) is 50.4 cm³/mol. The highest BCUT2D eigenvalue weighted by Crippen LogP contribution is 2.10. The van der Waals surface area contributed by atoms with Crippen molar-refractivity contribution < 1.29 is 5.11 Å². The zero-order valence-electron chi connectivity index (χ0n) is 7.21. The number of anilines is 1. The number of aromatic nitrogens is 3. The number of rotatable bonds is 1. The smallest absolute Gasteiger partial charge is 0.194 e. The Hall–Kier alpha value is -1.95. The lowest BCUT2D eigenvalue weighted by Gasteiger charge is -2.05. The fourth-order valence-corrected chi connectivity index (χ4v) is 1.27. The van der Waals surface area contributed by atoms with Crippen LogP contribution in [-0.2, 0) is 6.73 Å². The highest BCUT2D eigenvalue weighted by atomic mass is 16.3. The normalized spacial score (nSPS) is 10.6. The molecule has 2 aromatic rings. The molecule has 72 valence electrons. The topological polar surface area (TPSA) is 94.0 Å². The van der Waals surface area contributed by atoms with Crippen LogP contribution in [0.1, 0.15) is 0 Å². The van der Waals surface area contributed by atoms with Gasteiger partial charge in [0.15, 0.2) is 11.1 Å². The van der Waals surface area contributed by atoms with Gasteiger partial charge in [0, 0.05) is 12.3 Å². The molecule has 0 aromatic carbocycles. The molecule has 0 aliphatic heterocycles. The minimum absolute atomic E-state index is 0.128. The first-order chi connectivity index (χ1) is 6.74. The third kappa shape index (κ3) is 1.12. The zero-order valence-corrected chi connectivity index (χ0v) is 7.21. The number of nitrogen functional groups attached to an aromatic ring is 1. The minimum Gasteiger partial charge on any atom is -0.383 e. The van der Waals surface area contributed by atoms with Crippen LogP contribution >= 0.6 is 0 Å². The molecule has 14 heavy (non-hydrogen) atoms. The summed E-state index contributed by atoms with van der Waals surface area (Å²) in [5.41, 5.74) is 5.63. The van der Waals surface area contributed by atoms with Gasteiger partial charge in [0.25, 0.3) is 0 Å². The molecule has 0 bridgehead atoms. The van der Waals surface area contributed by atoms with Crippen molar-refractivity contribution in [2.24, 2.45) is 0 Å². The van der Waals surface area contributed by atoms with Crippen LogP contribution in [0.5, 0.6) is 0 Å². The number of nitrogens with two attached hydrogens (primary N) is 1. The lowest BCUT2D eigenvalue weighted by atomic mass is 10.3. The second-order valence-electron chi connectivity index (χ2n) is 2.75. The summed E-state index contributed by atoms with van der Waals surface area (Å²) in [6.45, 7) is -0.257. The van der Waals surface area contributed by atoms with Gasteiger partial charge in [-0.05, 0) is 0 Å². The SMILES string of the molecule is Nc1ncnc2c1c(=O)ccn2CO. The van der Waals surface area contributed by atoms with Gasteiger partial charge < -0.3 is 15.4 Å². The van der Waals surface area contributed by atoms with Crippen LogP contribution in [0.4, 0.5) is 5.82 Å². The predicted octanol–water partition coefficient (Wildman–Crippen LogP) is -0.677. The zero-order chi connectivity index (χ0) is 10.1. The van der Waals surface area contributed by atoms with Crippen molar-refractivity contribution in [3.05, 3.63) is 28.8 Å². The van der Waals surface area contributed by atoms with E-state index in [9.17, 15) is 4.79 Å². The van der Waals surface area contributed by atoms with Crippen LogP contribution in [0.3, 0.4) is 0 Å². The number of hydrogen-bond donors (Lipinski definition) is 2. The van der Waals surface area contributed by atoms with E-state index in [1.54, 1.807) is 0 Å². The summed E-state index contributed by atoms with van der Waals surface area (Å²) >= 11 is 0. The molecule has 0 saturated heterocycles. The second kappa shape index (κ2) is 3.08. The van der Waals surface area contributed by atoms with Crippen LogP contribution in [0, 0.1) is 0 Å². The molecular weight excluding hydrogens is 184 g/mol. The molecule has 6 heteroatoms. The Labute approximate surface area is 78.6 Å². The molecule has 3 N–H and O–H groups in total. The van der Waals surface area contributed by atoms with Crippen LogP contribution in [-0.4, -0.2) is 19.6 Å². The Balaban J connectivity index is 2.99. The number of aliphatic hydroxyl groups excluding tert-OH is 1. The van der Waals surface area contributed by atoms with E-state index in [-0.39, 0.29) is 23.4 Å². The van der Waals surface area contributed by atoms with Crippen molar-refractivity contribution in [3.63, 3.8) is 0 Å². The van der Waals surface area contributed by atoms with Gasteiger partial charge in [0.05, 0.1) is 0 Å². The Morgan fingerprint density at radius 1 is 1.50 bits per heavy atom. The molecule has 0 saturated carbocycles. The van der Waals surface area contributed by atoms with Gasteiger partial charge in [0.2, 0.25) is 0 Å². The van der Waals surface area contributed by atoms with E-state index < -0.39 is 0 Å². The second-order valence-corrected chi connectivity index (χ2v) is 2.75. The molecule has 2 heterocycles. The average Bonchev–Trinajstić information content (AvgIpc) is 2.18. The van der Waals surface area contributed by atoms with Gasteiger partial charge in [-0.1, -0.05) is 0 Å². The lowest BCUT2D eigenvalue weighted by molar-refractivity contribution is 0.214. The Bertz CT molecular complexity index is 534. The van der Waals surface area contributed by atoms with Crippen molar-refractivity contribution in [1.82, 2.24) is 14.5 Å². The summed E-state index contributed by atoms with van der Waals surface area (Å²) in [5, 5.41) is 9.22. The summed E-state index contributed by atoms with van der Waals surface area (Å²) in [7, 11) is 0. The third-order valence-electron chi connectivity index (χ3n) is 1.93. The van der Waals surface area contributed by atoms with Crippen LogP contribution in [0.25, 0.3) is 11.0 Å². The molecule has 0 radical (unpaired) electrons. The van der Waals surface area contributed by atoms with E-state index in [0.717, 1.165) is 0 Å². The first-order valence-corrected chi connectivity index (χ1v) is 3.94. The summed E-state index contributed by atoms with van der Waals surface area (Å²) in [4.78, 5) is 19.0. The van der Waals surface area contributed by atoms with Crippen LogP contribution < -0.4 is 11.2 Å².